The Morgan fingerprint density at radius 3 is 2.74 bits per heavy atom. The van der Waals surface area contributed by atoms with E-state index in [1.165, 1.54) is 24.2 Å². The smallest absolute Gasteiger partial charge is 0.316 e. The lowest BCUT2D eigenvalue weighted by Gasteiger charge is -2.13. The Balaban J connectivity index is 2.32. The summed E-state index contributed by atoms with van der Waals surface area (Å²) in [6.45, 7) is 0.179. The summed E-state index contributed by atoms with van der Waals surface area (Å²) in [4.78, 5) is 4.44. The van der Waals surface area contributed by atoms with Crippen molar-refractivity contribution in [1.82, 2.24) is 14.7 Å². The molecule has 0 aliphatic heterocycles. The van der Waals surface area contributed by atoms with E-state index in [1.54, 1.807) is 13.1 Å². The van der Waals surface area contributed by atoms with E-state index in [9.17, 15) is 13.2 Å². The highest BCUT2D eigenvalue weighted by Gasteiger charge is 2.33. The molecule has 0 bridgehead atoms. The second-order valence-electron chi connectivity index (χ2n) is 3.66. The Morgan fingerprint density at radius 1 is 1.37 bits per heavy atom. The molecule has 19 heavy (non-hydrogen) atoms. The van der Waals surface area contributed by atoms with Crippen LogP contribution in [-0.2, 0) is 12.7 Å². The molecule has 8 heteroatoms. The Hall–Kier alpha value is -1.12. The quantitative estimate of drug-likeness (QED) is 0.939. The molecule has 1 heterocycles. The van der Waals surface area contributed by atoms with Gasteiger partial charge in [-0.15, -0.1) is 0 Å². The Labute approximate surface area is 116 Å². The van der Waals surface area contributed by atoms with Gasteiger partial charge >= 0.3 is 6.18 Å². The van der Waals surface area contributed by atoms with E-state index in [-0.39, 0.29) is 12.1 Å². The molecule has 0 amide bonds. The molecule has 0 saturated carbocycles. The van der Waals surface area contributed by atoms with Crippen LogP contribution >= 0.6 is 23.3 Å². The van der Waals surface area contributed by atoms with Gasteiger partial charge in [-0.25, -0.2) is 4.98 Å². The van der Waals surface area contributed by atoms with Crippen LogP contribution in [0.25, 0.3) is 0 Å². The van der Waals surface area contributed by atoms with Crippen molar-refractivity contribution >= 4 is 23.3 Å². The lowest BCUT2D eigenvalue weighted by atomic mass is 10.1. The van der Waals surface area contributed by atoms with Gasteiger partial charge in [-0.05, 0) is 36.3 Å². The number of benzene rings is 1. The molecule has 0 aliphatic rings. The van der Waals surface area contributed by atoms with Crippen LogP contribution in [0.4, 0.5) is 13.2 Å². The third kappa shape index (κ3) is 3.68. The summed E-state index contributed by atoms with van der Waals surface area (Å²) in [5, 5.41) is 2.73. The van der Waals surface area contributed by atoms with Crippen LogP contribution in [0, 0.1) is 0 Å². The fourth-order valence-electron chi connectivity index (χ4n) is 1.54. The molecule has 1 N–H and O–H groups in total. The molecule has 0 aliphatic carbocycles. The lowest BCUT2D eigenvalue weighted by molar-refractivity contribution is -0.138. The maximum atomic E-state index is 13.0. The number of nitrogens with one attached hydrogen (secondary N) is 1. The molecule has 3 nitrogen and oxygen atoms in total. The summed E-state index contributed by atoms with van der Waals surface area (Å²) in [6, 6.07) is 4.30. The minimum absolute atomic E-state index is 0.179. The number of nitrogens with zero attached hydrogens (tertiary/aromatic N) is 2. The van der Waals surface area contributed by atoms with E-state index >= 15 is 0 Å². The Bertz CT molecular complexity index is 541. The highest BCUT2D eigenvalue weighted by Crippen LogP contribution is 2.36. The maximum Gasteiger partial charge on any atom is 0.416 e. The van der Waals surface area contributed by atoms with Gasteiger partial charge in [-0.2, -0.15) is 17.5 Å². The molecule has 0 fully saturated rings. The van der Waals surface area contributed by atoms with Crippen LogP contribution in [0.15, 0.2) is 33.8 Å². The topological polar surface area (TPSA) is 37.8 Å². The lowest BCUT2D eigenvalue weighted by Crippen LogP contribution is -2.14. The monoisotopic (exact) mass is 305 g/mol. The number of aromatic nitrogens is 2. The number of halogens is 3. The molecular formula is C11H10F3N3S2. The molecule has 0 radical (unpaired) electrons. The average molecular weight is 305 g/mol. The zero-order valence-corrected chi connectivity index (χ0v) is 11.5. The number of hydrogen-bond donors (Lipinski definition) is 1. The molecule has 2 aromatic rings. The minimum Gasteiger partial charge on any atom is -0.316 e. The van der Waals surface area contributed by atoms with Gasteiger partial charge in [0.2, 0.25) is 0 Å². The first kappa shape index (κ1) is 14.3. The predicted molar refractivity (Wildman–Crippen MR) is 68.2 cm³/mol. The summed E-state index contributed by atoms with van der Waals surface area (Å²) in [6.07, 6.45) is -2.98. The fraction of sp³-hybridized carbons (Fsp3) is 0.273. The highest BCUT2D eigenvalue weighted by molar-refractivity contribution is 8.01. The normalized spacial score (nSPS) is 11.8. The van der Waals surface area contributed by atoms with Crippen molar-refractivity contribution in [3.63, 3.8) is 0 Å². The summed E-state index contributed by atoms with van der Waals surface area (Å²) in [5.41, 5.74) is -0.382. The Kier molecular flexibility index (Phi) is 4.43. The van der Waals surface area contributed by atoms with Crippen LogP contribution < -0.4 is 5.32 Å². The van der Waals surface area contributed by atoms with E-state index in [4.69, 9.17) is 0 Å². The van der Waals surface area contributed by atoms with Crippen molar-refractivity contribution in [2.24, 2.45) is 0 Å². The van der Waals surface area contributed by atoms with Crippen LogP contribution in [0.5, 0.6) is 0 Å². The van der Waals surface area contributed by atoms with Crippen LogP contribution in [0.2, 0.25) is 0 Å². The zero-order valence-electron chi connectivity index (χ0n) is 9.86. The zero-order chi connectivity index (χ0) is 13.9. The summed E-state index contributed by atoms with van der Waals surface area (Å²) in [7, 11) is 1.62. The van der Waals surface area contributed by atoms with Crippen molar-refractivity contribution in [2.75, 3.05) is 7.05 Å². The predicted octanol–water partition coefficient (Wildman–Crippen LogP) is 3.43. The minimum atomic E-state index is -4.36. The van der Waals surface area contributed by atoms with Gasteiger partial charge in [-0.3, -0.25) is 0 Å². The SMILES string of the molecule is CNCc1ccc(Sc2ncns2)cc1C(F)(F)F. The van der Waals surface area contributed by atoms with Crippen molar-refractivity contribution in [1.29, 1.82) is 0 Å². The molecule has 0 spiro atoms. The van der Waals surface area contributed by atoms with E-state index < -0.39 is 11.7 Å². The van der Waals surface area contributed by atoms with Crippen LogP contribution in [0.3, 0.4) is 0 Å². The van der Waals surface area contributed by atoms with E-state index in [1.807, 2.05) is 0 Å². The second kappa shape index (κ2) is 5.89. The third-order valence-electron chi connectivity index (χ3n) is 2.30. The number of rotatable bonds is 4. The number of alkyl halides is 3. The van der Waals surface area contributed by atoms with Gasteiger partial charge in [0, 0.05) is 11.4 Å². The van der Waals surface area contributed by atoms with Crippen molar-refractivity contribution in [3.05, 3.63) is 35.7 Å². The van der Waals surface area contributed by atoms with Gasteiger partial charge in [0.25, 0.3) is 0 Å². The van der Waals surface area contributed by atoms with Crippen LogP contribution in [-0.4, -0.2) is 16.4 Å². The van der Waals surface area contributed by atoms with E-state index in [0.717, 1.165) is 17.6 Å². The summed E-state index contributed by atoms with van der Waals surface area (Å²) >= 11 is 2.33. The van der Waals surface area contributed by atoms with Crippen molar-refractivity contribution in [2.45, 2.75) is 22.0 Å². The first-order valence-electron chi connectivity index (χ1n) is 5.30. The van der Waals surface area contributed by atoms with E-state index in [2.05, 4.69) is 14.7 Å². The van der Waals surface area contributed by atoms with Crippen molar-refractivity contribution in [3.8, 4) is 0 Å². The molecule has 102 valence electrons. The second-order valence-corrected chi connectivity index (χ2v) is 5.76. The van der Waals surface area contributed by atoms with Gasteiger partial charge < -0.3 is 5.32 Å². The molecular weight excluding hydrogens is 295 g/mol. The van der Waals surface area contributed by atoms with Gasteiger partial charge in [0.1, 0.15) is 6.33 Å². The summed E-state index contributed by atoms with van der Waals surface area (Å²) < 4.78 is 43.3. The van der Waals surface area contributed by atoms with Crippen LogP contribution in [0.1, 0.15) is 11.1 Å². The summed E-state index contributed by atoms with van der Waals surface area (Å²) in [5.74, 6) is 0. The highest BCUT2D eigenvalue weighted by atomic mass is 32.2. The van der Waals surface area contributed by atoms with E-state index in [0.29, 0.717) is 9.24 Å². The number of hydrogen-bond acceptors (Lipinski definition) is 5. The third-order valence-corrected chi connectivity index (χ3v) is 4.00. The standard InChI is InChI=1S/C11H10F3N3S2/c1-15-5-7-2-3-8(4-9(7)11(12,13)14)18-10-16-6-17-19-10/h2-4,6,15H,5H2,1H3. The molecule has 1 aromatic heterocycles. The van der Waals surface area contributed by atoms with Gasteiger partial charge in [0.05, 0.1) is 5.56 Å². The van der Waals surface area contributed by atoms with Gasteiger partial charge in [-0.1, -0.05) is 17.8 Å². The first-order valence-corrected chi connectivity index (χ1v) is 6.89. The Morgan fingerprint density at radius 2 is 2.16 bits per heavy atom. The van der Waals surface area contributed by atoms with Crippen molar-refractivity contribution < 1.29 is 13.2 Å². The molecule has 0 atom stereocenters. The fourth-order valence-corrected chi connectivity index (χ4v) is 3.00. The molecule has 2 rings (SSSR count). The maximum absolute atomic E-state index is 13.0. The molecule has 0 saturated heterocycles. The molecule has 0 unspecified atom stereocenters. The largest absolute Gasteiger partial charge is 0.416 e. The van der Waals surface area contributed by atoms with Gasteiger partial charge in [0.15, 0.2) is 4.34 Å². The molecule has 1 aromatic carbocycles. The average Bonchev–Trinajstić information content (AvgIpc) is 2.83. The first-order chi connectivity index (χ1) is 9.00.